The minimum Gasteiger partial charge on any atom is -0.497 e. The fraction of sp³-hybridized carbons (Fsp3) is 0.355. The van der Waals surface area contributed by atoms with Crippen molar-refractivity contribution in [1.82, 2.24) is 10.2 Å². The number of carbonyl (C=O) groups is 2. The average molecular weight is 654 g/mol. The second-order valence-corrected chi connectivity index (χ2v) is 12.6. The van der Waals surface area contributed by atoms with Crippen LogP contribution in [0.15, 0.2) is 72.8 Å². The highest BCUT2D eigenvalue weighted by Gasteiger charge is 2.36. The monoisotopic (exact) mass is 653 g/mol. The number of hydrogen-bond acceptors (Lipinski definition) is 5. The first-order chi connectivity index (χ1) is 20.6. The molecule has 0 bridgehead atoms. The zero-order chi connectivity index (χ0) is 32.7. The Morgan fingerprint density at radius 3 is 2.25 bits per heavy atom. The molecule has 0 heterocycles. The number of carbonyl (C=O) groups excluding carboxylic acids is 2. The molecular weight excluding hydrogens is 619 g/mol. The number of amides is 2. The van der Waals surface area contributed by atoms with Gasteiger partial charge in [-0.25, -0.2) is 8.42 Å². The third-order valence-electron chi connectivity index (χ3n) is 6.98. The Bertz CT molecular complexity index is 1550. The van der Waals surface area contributed by atoms with Crippen molar-refractivity contribution >= 4 is 39.1 Å². The topological polar surface area (TPSA) is 96.0 Å². The van der Waals surface area contributed by atoms with E-state index in [-0.39, 0.29) is 19.0 Å². The van der Waals surface area contributed by atoms with E-state index in [1.54, 1.807) is 48.5 Å². The molecule has 0 unspecified atom stereocenters. The summed E-state index contributed by atoms with van der Waals surface area (Å²) in [6.07, 6.45) is -3.37. The molecule has 1 N–H and O–H groups in total. The quantitative estimate of drug-likeness (QED) is 0.256. The van der Waals surface area contributed by atoms with Gasteiger partial charge < -0.3 is 15.0 Å². The Balaban J connectivity index is 2.12. The fourth-order valence-corrected chi connectivity index (χ4v) is 5.53. The lowest BCUT2D eigenvalue weighted by atomic mass is 10.0. The van der Waals surface area contributed by atoms with Crippen LogP contribution >= 0.6 is 11.6 Å². The predicted octanol–water partition coefficient (Wildman–Crippen LogP) is 5.69. The lowest BCUT2D eigenvalue weighted by molar-refractivity contribution is -0.140. The Kier molecular flexibility index (Phi) is 11.7. The maximum atomic E-state index is 14.1. The van der Waals surface area contributed by atoms with Crippen LogP contribution in [0.1, 0.15) is 37.0 Å². The largest absolute Gasteiger partial charge is 0.497 e. The van der Waals surface area contributed by atoms with Crippen molar-refractivity contribution in [3.8, 4) is 5.75 Å². The number of alkyl halides is 3. The molecule has 8 nitrogen and oxygen atoms in total. The second kappa shape index (κ2) is 14.8. The molecule has 3 rings (SSSR count). The molecule has 13 heteroatoms. The fourth-order valence-electron chi connectivity index (χ4n) is 4.46. The van der Waals surface area contributed by atoms with Crippen molar-refractivity contribution in [2.45, 2.75) is 51.5 Å². The number of anilines is 1. The number of halogens is 4. The molecule has 0 saturated heterocycles. The standard InChI is InChI=1S/C31H35ClF3N3O5S/c1-5-21(2)36-30(40)28(17-22-10-7-6-8-11-22)37(19-23-12-9-13-25(16-23)43-3)29(39)20-38(44(4,41)42)24-14-15-27(32)26(18-24)31(33,34)35/h6-16,18,21,28H,5,17,19-20H2,1-4H3,(H,36,40)/t21-,28+/m1/s1. The summed E-state index contributed by atoms with van der Waals surface area (Å²) in [5.74, 6) is -0.768. The lowest BCUT2D eigenvalue weighted by Gasteiger charge is -2.34. The van der Waals surface area contributed by atoms with Gasteiger partial charge in [-0.1, -0.05) is 61.0 Å². The van der Waals surface area contributed by atoms with Crippen LogP contribution in [-0.4, -0.2) is 57.1 Å². The molecule has 0 saturated carbocycles. The molecule has 0 aliphatic carbocycles. The smallest absolute Gasteiger partial charge is 0.417 e. The molecule has 0 fully saturated rings. The van der Waals surface area contributed by atoms with Gasteiger partial charge >= 0.3 is 6.18 Å². The first kappa shape index (κ1) is 34.7. The molecule has 238 valence electrons. The number of hydrogen-bond donors (Lipinski definition) is 1. The molecule has 2 atom stereocenters. The normalized spacial score (nSPS) is 13.1. The van der Waals surface area contributed by atoms with Crippen molar-refractivity contribution in [3.63, 3.8) is 0 Å². The molecule has 2 amide bonds. The number of methoxy groups -OCH3 is 1. The third-order valence-corrected chi connectivity index (χ3v) is 8.45. The summed E-state index contributed by atoms with van der Waals surface area (Å²) in [5.41, 5.74) is -0.319. The van der Waals surface area contributed by atoms with Gasteiger partial charge in [-0.05, 0) is 54.8 Å². The Labute approximate surface area is 260 Å². The van der Waals surface area contributed by atoms with Gasteiger partial charge in [0.1, 0.15) is 18.3 Å². The van der Waals surface area contributed by atoms with Crippen molar-refractivity contribution in [2.75, 3.05) is 24.2 Å². The Morgan fingerprint density at radius 2 is 1.66 bits per heavy atom. The number of sulfonamides is 1. The summed E-state index contributed by atoms with van der Waals surface area (Å²) in [6, 6.07) is 17.1. The van der Waals surface area contributed by atoms with Crippen LogP contribution in [0, 0.1) is 0 Å². The van der Waals surface area contributed by atoms with Crippen LogP contribution < -0.4 is 14.4 Å². The van der Waals surface area contributed by atoms with Gasteiger partial charge in [-0.3, -0.25) is 13.9 Å². The Morgan fingerprint density at radius 1 is 1.00 bits per heavy atom. The van der Waals surface area contributed by atoms with Crippen molar-refractivity contribution in [3.05, 3.63) is 94.5 Å². The van der Waals surface area contributed by atoms with E-state index in [0.717, 1.165) is 24.0 Å². The highest BCUT2D eigenvalue weighted by molar-refractivity contribution is 7.92. The SMILES string of the molecule is CC[C@@H](C)NC(=O)[C@H](Cc1ccccc1)N(Cc1cccc(OC)c1)C(=O)CN(c1ccc(Cl)c(C(F)(F)F)c1)S(C)(=O)=O. The van der Waals surface area contributed by atoms with E-state index < -0.39 is 56.9 Å². The summed E-state index contributed by atoms with van der Waals surface area (Å²) in [5, 5.41) is 2.29. The number of benzene rings is 3. The zero-order valence-electron chi connectivity index (χ0n) is 24.8. The second-order valence-electron chi connectivity index (χ2n) is 10.3. The number of ether oxygens (including phenoxy) is 1. The summed E-state index contributed by atoms with van der Waals surface area (Å²) in [6.45, 7) is 2.72. The summed E-state index contributed by atoms with van der Waals surface area (Å²) >= 11 is 5.76. The summed E-state index contributed by atoms with van der Waals surface area (Å²) < 4.78 is 72.6. The average Bonchev–Trinajstić information content (AvgIpc) is 2.97. The summed E-state index contributed by atoms with van der Waals surface area (Å²) in [4.78, 5) is 29.1. The van der Waals surface area contributed by atoms with Gasteiger partial charge in [0.05, 0.1) is 29.6 Å². The highest BCUT2D eigenvalue weighted by Crippen LogP contribution is 2.37. The van der Waals surface area contributed by atoms with E-state index in [1.165, 1.54) is 12.0 Å². The first-order valence-corrected chi connectivity index (χ1v) is 16.0. The van der Waals surface area contributed by atoms with Gasteiger partial charge in [0.15, 0.2) is 0 Å². The summed E-state index contributed by atoms with van der Waals surface area (Å²) in [7, 11) is -2.80. The number of nitrogens with one attached hydrogen (secondary N) is 1. The van der Waals surface area contributed by atoms with Gasteiger partial charge in [-0.2, -0.15) is 13.2 Å². The highest BCUT2D eigenvalue weighted by atomic mass is 35.5. The van der Waals surface area contributed by atoms with E-state index >= 15 is 0 Å². The molecule has 3 aromatic carbocycles. The van der Waals surface area contributed by atoms with E-state index in [9.17, 15) is 31.2 Å². The van der Waals surface area contributed by atoms with Gasteiger partial charge in [0, 0.05) is 19.0 Å². The van der Waals surface area contributed by atoms with Crippen LogP contribution in [0.3, 0.4) is 0 Å². The molecular formula is C31H35ClF3N3O5S. The van der Waals surface area contributed by atoms with E-state index in [1.807, 2.05) is 19.9 Å². The minimum atomic E-state index is -4.87. The first-order valence-electron chi connectivity index (χ1n) is 13.7. The maximum Gasteiger partial charge on any atom is 0.417 e. The maximum absolute atomic E-state index is 14.1. The van der Waals surface area contributed by atoms with E-state index in [4.69, 9.17) is 16.3 Å². The lowest BCUT2D eigenvalue weighted by Crippen LogP contribution is -2.54. The Hall–Kier alpha value is -3.77. The minimum absolute atomic E-state index is 0.0941. The van der Waals surface area contributed by atoms with E-state index in [0.29, 0.717) is 28.1 Å². The van der Waals surface area contributed by atoms with Crippen molar-refractivity contribution < 1.29 is 35.9 Å². The zero-order valence-corrected chi connectivity index (χ0v) is 26.3. The molecule has 44 heavy (non-hydrogen) atoms. The van der Waals surface area contributed by atoms with Crippen molar-refractivity contribution in [2.24, 2.45) is 0 Å². The molecule has 0 aromatic heterocycles. The molecule has 0 radical (unpaired) electrons. The van der Waals surface area contributed by atoms with Crippen LogP contribution in [0.2, 0.25) is 5.02 Å². The van der Waals surface area contributed by atoms with Crippen LogP contribution in [0.25, 0.3) is 0 Å². The molecule has 0 spiro atoms. The van der Waals surface area contributed by atoms with Crippen molar-refractivity contribution in [1.29, 1.82) is 0 Å². The van der Waals surface area contributed by atoms with Gasteiger partial charge in [0.2, 0.25) is 21.8 Å². The number of rotatable bonds is 13. The number of nitrogens with zero attached hydrogens (tertiary/aromatic N) is 2. The van der Waals surface area contributed by atoms with Crippen LogP contribution in [-0.2, 0) is 38.8 Å². The molecule has 3 aromatic rings. The van der Waals surface area contributed by atoms with E-state index in [2.05, 4.69) is 5.32 Å². The third kappa shape index (κ3) is 9.36. The molecule has 0 aliphatic heterocycles. The van der Waals surface area contributed by atoms with Gasteiger partial charge in [0.25, 0.3) is 0 Å². The molecule has 0 aliphatic rings. The van der Waals surface area contributed by atoms with Gasteiger partial charge in [-0.15, -0.1) is 0 Å². The predicted molar refractivity (Wildman–Crippen MR) is 164 cm³/mol. The van der Waals surface area contributed by atoms with Crippen LogP contribution in [0.5, 0.6) is 5.75 Å². The van der Waals surface area contributed by atoms with Crippen LogP contribution in [0.4, 0.5) is 18.9 Å².